The lowest BCUT2D eigenvalue weighted by Crippen LogP contribution is -2.36. The summed E-state index contributed by atoms with van der Waals surface area (Å²) in [6.45, 7) is 5.63. The van der Waals surface area contributed by atoms with Gasteiger partial charge in [-0.15, -0.1) is 0 Å². The molecule has 0 bridgehead atoms. The highest BCUT2D eigenvalue weighted by molar-refractivity contribution is 7.91. The molecule has 1 amide bonds. The molecule has 0 saturated heterocycles. The van der Waals surface area contributed by atoms with E-state index in [1.54, 1.807) is 24.3 Å². The van der Waals surface area contributed by atoms with E-state index >= 15 is 0 Å². The maximum Gasteiger partial charge on any atom is 0.405 e. The highest BCUT2D eigenvalue weighted by Gasteiger charge is 2.31. The van der Waals surface area contributed by atoms with Gasteiger partial charge in [0, 0.05) is 22.8 Å². The highest BCUT2D eigenvalue weighted by atomic mass is 32.2. The number of carbonyl (C=O) groups is 1. The van der Waals surface area contributed by atoms with Crippen molar-refractivity contribution in [2.45, 2.75) is 31.7 Å². The van der Waals surface area contributed by atoms with E-state index < -0.39 is 33.2 Å². The molecule has 0 radical (unpaired) electrons. The van der Waals surface area contributed by atoms with Gasteiger partial charge in [0.15, 0.2) is 9.84 Å². The van der Waals surface area contributed by atoms with E-state index in [1.807, 2.05) is 20.8 Å². The van der Waals surface area contributed by atoms with Crippen LogP contribution in [0.5, 0.6) is 0 Å². The van der Waals surface area contributed by atoms with Gasteiger partial charge in [-0.05, 0) is 29.7 Å². The first-order valence-electron chi connectivity index (χ1n) is 9.27. The van der Waals surface area contributed by atoms with E-state index in [-0.39, 0.29) is 10.4 Å². The van der Waals surface area contributed by atoms with Crippen LogP contribution in [-0.2, 0) is 9.84 Å². The topological polar surface area (TPSA) is 96.4 Å². The van der Waals surface area contributed by atoms with Gasteiger partial charge in [0.05, 0.1) is 22.1 Å². The fourth-order valence-corrected chi connectivity index (χ4v) is 4.30. The molecule has 2 aromatic carbocycles. The van der Waals surface area contributed by atoms with Crippen LogP contribution in [0.3, 0.4) is 0 Å². The van der Waals surface area contributed by atoms with Gasteiger partial charge in [-0.3, -0.25) is 0 Å². The van der Waals surface area contributed by atoms with Gasteiger partial charge >= 0.3 is 6.09 Å². The van der Waals surface area contributed by atoms with E-state index in [2.05, 4.69) is 10.3 Å². The van der Waals surface area contributed by atoms with Crippen molar-refractivity contribution in [2.75, 3.05) is 6.26 Å². The maximum atomic E-state index is 14.0. The molecule has 158 valence electrons. The molecule has 1 aromatic heterocycles. The first-order chi connectivity index (χ1) is 13.9. The number of halogens is 1. The van der Waals surface area contributed by atoms with Crippen LogP contribution in [0.1, 0.15) is 32.4 Å². The molecular formula is C22H23FN2O4S. The van der Waals surface area contributed by atoms with Crippen LogP contribution >= 0.6 is 0 Å². The number of nitrogens with one attached hydrogen (secondary N) is 1. The summed E-state index contributed by atoms with van der Waals surface area (Å²) >= 11 is 0. The summed E-state index contributed by atoms with van der Waals surface area (Å²) in [4.78, 5) is 16.2. The molecule has 0 aliphatic rings. The molecule has 1 heterocycles. The summed E-state index contributed by atoms with van der Waals surface area (Å²) in [5.74, 6) is -0.477. The minimum Gasteiger partial charge on any atom is -0.465 e. The van der Waals surface area contributed by atoms with Gasteiger partial charge in [-0.2, -0.15) is 0 Å². The number of aromatic nitrogens is 1. The second-order valence-corrected chi connectivity index (χ2v) is 10.3. The number of benzene rings is 2. The van der Waals surface area contributed by atoms with Crippen molar-refractivity contribution in [1.29, 1.82) is 0 Å². The van der Waals surface area contributed by atoms with Crippen molar-refractivity contribution in [1.82, 2.24) is 10.3 Å². The molecule has 0 aliphatic carbocycles. The third-order valence-electron chi connectivity index (χ3n) is 4.78. The van der Waals surface area contributed by atoms with Gasteiger partial charge in [0.1, 0.15) is 5.82 Å². The number of fused-ring (bicyclic) bond motifs is 1. The Hall–Kier alpha value is -3.00. The van der Waals surface area contributed by atoms with Gasteiger partial charge in [-0.1, -0.05) is 45.0 Å². The summed E-state index contributed by atoms with van der Waals surface area (Å²) in [7, 11) is -3.56. The maximum absolute atomic E-state index is 14.0. The summed E-state index contributed by atoms with van der Waals surface area (Å²) in [6.07, 6.45) is -0.103. The molecule has 30 heavy (non-hydrogen) atoms. The summed E-state index contributed by atoms with van der Waals surface area (Å²) in [6, 6.07) is 11.6. The van der Waals surface area contributed by atoms with Crippen molar-refractivity contribution < 1.29 is 22.7 Å². The van der Waals surface area contributed by atoms with E-state index in [0.29, 0.717) is 22.2 Å². The predicted molar refractivity (Wildman–Crippen MR) is 114 cm³/mol. The Balaban J connectivity index is 2.43. The summed E-state index contributed by atoms with van der Waals surface area (Å²) < 4.78 is 38.5. The van der Waals surface area contributed by atoms with Gasteiger partial charge in [-0.25, -0.2) is 22.6 Å². The average Bonchev–Trinajstić information content (AvgIpc) is 2.62. The van der Waals surface area contributed by atoms with Crippen molar-refractivity contribution in [3.63, 3.8) is 0 Å². The van der Waals surface area contributed by atoms with E-state index in [9.17, 15) is 22.7 Å². The number of amides is 1. The fourth-order valence-electron chi connectivity index (χ4n) is 3.46. The van der Waals surface area contributed by atoms with Crippen molar-refractivity contribution in [3.05, 3.63) is 59.9 Å². The Kier molecular flexibility index (Phi) is 5.56. The number of carboxylic acid groups (broad SMARTS) is 1. The largest absolute Gasteiger partial charge is 0.465 e. The second kappa shape index (κ2) is 7.68. The SMILES string of the molecule is CC(C)(C)C(NC(=O)O)c1cc2cccc(S(C)(=O)=O)c2nc1-c1cccc(F)c1. The van der Waals surface area contributed by atoms with E-state index in [0.717, 1.165) is 6.26 Å². The summed E-state index contributed by atoms with van der Waals surface area (Å²) in [5.41, 5.74) is 1.01. The molecule has 6 nitrogen and oxygen atoms in total. The van der Waals surface area contributed by atoms with Crippen LogP contribution in [0.4, 0.5) is 9.18 Å². The molecule has 8 heteroatoms. The van der Waals surface area contributed by atoms with Gasteiger partial charge in [0.2, 0.25) is 0 Å². The molecule has 0 aliphatic heterocycles. The van der Waals surface area contributed by atoms with Crippen LogP contribution in [0.2, 0.25) is 0 Å². The number of rotatable bonds is 4. The minimum atomic E-state index is -3.56. The fraction of sp³-hybridized carbons (Fsp3) is 0.273. The lowest BCUT2D eigenvalue weighted by Gasteiger charge is -2.32. The molecule has 2 N–H and O–H groups in total. The molecule has 3 rings (SSSR count). The Bertz CT molecular complexity index is 1230. The van der Waals surface area contributed by atoms with Crippen LogP contribution in [0.15, 0.2) is 53.4 Å². The third-order valence-corrected chi connectivity index (χ3v) is 5.91. The van der Waals surface area contributed by atoms with Gasteiger partial charge < -0.3 is 10.4 Å². The standard InChI is InChI=1S/C22H23FN2O4S/c1-22(2,3)20(25-21(26)27)16-12-14-8-6-10-17(30(4,28)29)19(14)24-18(16)13-7-5-9-15(23)11-13/h5-12,20,25H,1-4H3,(H,26,27). The number of hydrogen-bond acceptors (Lipinski definition) is 4. The monoisotopic (exact) mass is 430 g/mol. The van der Waals surface area contributed by atoms with Crippen LogP contribution in [0, 0.1) is 11.2 Å². The van der Waals surface area contributed by atoms with Crippen molar-refractivity contribution in [3.8, 4) is 11.3 Å². The molecule has 0 spiro atoms. The lowest BCUT2D eigenvalue weighted by molar-refractivity contribution is 0.175. The van der Waals surface area contributed by atoms with Crippen molar-refractivity contribution >= 4 is 26.8 Å². The zero-order valence-electron chi connectivity index (χ0n) is 17.1. The number of hydrogen-bond donors (Lipinski definition) is 2. The summed E-state index contributed by atoms with van der Waals surface area (Å²) in [5, 5.41) is 12.5. The Morgan fingerprint density at radius 2 is 1.80 bits per heavy atom. The molecule has 1 atom stereocenters. The number of para-hydroxylation sites is 1. The van der Waals surface area contributed by atoms with Crippen molar-refractivity contribution in [2.24, 2.45) is 5.41 Å². The first kappa shape index (κ1) is 21.7. The molecule has 3 aromatic rings. The number of nitrogens with zero attached hydrogens (tertiary/aromatic N) is 1. The number of sulfone groups is 1. The lowest BCUT2D eigenvalue weighted by atomic mass is 9.80. The third kappa shape index (κ3) is 4.43. The zero-order chi connectivity index (χ0) is 22.3. The Morgan fingerprint density at radius 1 is 1.13 bits per heavy atom. The van der Waals surface area contributed by atoms with Gasteiger partial charge in [0.25, 0.3) is 0 Å². The Morgan fingerprint density at radius 3 is 2.37 bits per heavy atom. The van der Waals surface area contributed by atoms with E-state index in [4.69, 9.17) is 0 Å². The Labute approximate surface area is 174 Å². The molecule has 0 fully saturated rings. The zero-order valence-corrected chi connectivity index (χ0v) is 17.9. The predicted octanol–water partition coefficient (Wildman–Crippen LogP) is 4.80. The second-order valence-electron chi connectivity index (χ2n) is 8.29. The van der Waals surface area contributed by atoms with Crippen LogP contribution in [-0.4, -0.2) is 30.9 Å². The quantitative estimate of drug-likeness (QED) is 0.620. The normalized spacial score (nSPS) is 13.2. The average molecular weight is 431 g/mol. The first-order valence-corrected chi connectivity index (χ1v) is 11.2. The molecule has 1 unspecified atom stereocenters. The molecular weight excluding hydrogens is 407 g/mol. The van der Waals surface area contributed by atoms with Crippen LogP contribution in [0.25, 0.3) is 22.2 Å². The van der Waals surface area contributed by atoms with Crippen LogP contribution < -0.4 is 5.32 Å². The highest BCUT2D eigenvalue weighted by Crippen LogP contribution is 2.39. The minimum absolute atomic E-state index is 0.0581. The smallest absolute Gasteiger partial charge is 0.405 e. The molecule has 0 saturated carbocycles. The van der Waals surface area contributed by atoms with E-state index in [1.165, 1.54) is 24.3 Å². The number of pyridine rings is 1.